The van der Waals surface area contributed by atoms with Crippen molar-refractivity contribution in [3.63, 3.8) is 0 Å². The molecule has 1 rings (SSSR count). The second kappa shape index (κ2) is 7.41. The van der Waals surface area contributed by atoms with E-state index in [0.29, 0.717) is 18.9 Å². The lowest BCUT2D eigenvalue weighted by atomic mass is 10.3. The van der Waals surface area contributed by atoms with E-state index in [1.807, 2.05) is 0 Å². The van der Waals surface area contributed by atoms with Crippen LogP contribution < -0.4 is 16.0 Å². The highest BCUT2D eigenvalue weighted by Gasteiger charge is 2.07. The third-order valence-corrected chi connectivity index (χ3v) is 2.18. The Labute approximate surface area is 110 Å². The molecule has 0 saturated carbocycles. The van der Waals surface area contributed by atoms with E-state index in [0.717, 1.165) is 0 Å². The van der Waals surface area contributed by atoms with Crippen molar-refractivity contribution in [3.05, 3.63) is 35.6 Å². The monoisotopic (exact) mass is 259 g/mol. The zero-order chi connectivity index (χ0) is 14.1. The van der Waals surface area contributed by atoms with Gasteiger partial charge in [-0.1, -0.05) is 0 Å². The van der Waals surface area contributed by atoms with Crippen LogP contribution in [0.25, 0.3) is 0 Å². The Hall–Kier alpha value is -2.93. The normalized spacial score (nSPS) is 8.79. The van der Waals surface area contributed by atoms with Crippen LogP contribution in [0.4, 0.5) is 0 Å². The van der Waals surface area contributed by atoms with Crippen molar-refractivity contribution < 1.29 is 9.21 Å². The number of nitrogens with one attached hydrogen (secondary N) is 3. The predicted molar refractivity (Wildman–Crippen MR) is 66.4 cm³/mol. The summed E-state index contributed by atoms with van der Waals surface area (Å²) in [5.74, 6) is 0.249. The van der Waals surface area contributed by atoms with Crippen molar-refractivity contribution in [2.24, 2.45) is 0 Å². The second-order valence-corrected chi connectivity index (χ2v) is 3.38. The molecule has 0 fully saturated rings. The lowest BCUT2D eigenvalue weighted by molar-refractivity contribution is 0.0926. The van der Waals surface area contributed by atoms with E-state index in [4.69, 9.17) is 14.9 Å². The maximum Gasteiger partial charge on any atom is 0.287 e. The van der Waals surface area contributed by atoms with Crippen LogP contribution in [0.3, 0.4) is 0 Å². The summed E-state index contributed by atoms with van der Waals surface area (Å²) in [5, 5.41) is 25.6. The van der Waals surface area contributed by atoms with E-state index in [2.05, 4.69) is 16.0 Å². The van der Waals surface area contributed by atoms with E-state index in [1.165, 1.54) is 6.26 Å². The highest BCUT2D eigenvalue weighted by atomic mass is 16.3. The molecule has 1 amide bonds. The number of amides is 1. The van der Waals surface area contributed by atoms with Crippen LogP contribution in [0.5, 0.6) is 0 Å². The third-order valence-electron chi connectivity index (χ3n) is 2.18. The van der Waals surface area contributed by atoms with E-state index in [9.17, 15) is 4.79 Å². The number of furan rings is 1. The van der Waals surface area contributed by atoms with Crippen molar-refractivity contribution in [2.45, 2.75) is 0 Å². The first-order chi connectivity index (χ1) is 9.22. The van der Waals surface area contributed by atoms with Gasteiger partial charge >= 0.3 is 0 Å². The van der Waals surface area contributed by atoms with Gasteiger partial charge in [-0.15, -0.1) is 0 Å². The molecule has 1 aromatic heterocycles. The Bertz CT molecular complexity index is 517. The molecule has 0 radical (unpaired) electrons. The van der Waals surface area contributed by atoms with Crippen LogP contribution in [0.15, 0.2) is 34.2 Å². The summed E-state index contributed by atoms with van der Waals surface area (Å²) < 4.78 is 4.93. The molecule has 0 aromatic carbocycles. The van der Waals surface area contributed by atoms with Crippen molar-refractivity contribution in [1.29, 1.82) is 10.5 Å². The quantitative estimate of drug-likeness (QED) is 0.492. The number of nitrogens with zero attached hydrogens (tertiary/aromatic N) is 2. The number of allylic oxidation sites excluding steroid dienone is 1. The molecule has 7 heteroatoms. The molecule has 0 spiro atoms. The summed E-state index contributed by atoms with van der Waals surface area (Å²) in [6.45, 7) is 0.699. The largest absolute Gasteiger partial charge is 0.459 e. The van der Waals surface area contributed by atoms with Gasteiger partial charge in [0.25, 0.3) is 5.91 Å². The fourth-order valence-electron chi connectivity index (χ4n) is 1.30. The van der Waals surface area contributed by atoms with Crippen LogP contribution in [-0.4, -0.2) is 26.0 Å². The molecule has 7 nitrogen and oxygen atoms in total. The lowest BCUT2D eigenvalue weighted by Gasteiger charge is -2.10. The molecule has 0 bridgehead atoms. The molecule has 19 heavy (non-hydrogen) atoms. The Morgan fingerprint density at radius 3 is 2.53 bits per heavy atom. The Balaban J connectivity index is 2.39. The topological polar surface area (TPSA) is 114 Å². The SMILES string of the molecule is CNC(NCCNC(=O)c1ccco1)=C(C#N)C#N. The summed E-state index contributed by atoms with van der Waals surface area (Å²) in [7, 11) is 1.60. The fourth-order valence-corrected chi connectivity index (χ4v) is 1.30. The van der Waals surface area contributed by atoms with E-state index in [-0.39, 0.29) is 17.2 Å². The van der Waals surface area contributed by atoms with Gasteiger partial charge < -0.3 is 20.4 Å². The molecule has 0 atom stereocenters. The number of carbonyl (C=O) groups is 1. The van der Waals surface area contributed by atoms with Crippen molar-refractivity contribution in [3.8, 4) is 12.1 Å². The van der Waals surface area contributed by atoms with Gasteiger partial charge in [0.1, 0.15) is 18.0 Å². The van der Waals surface area contributed by atoms with Gasteiger partial charge in [-0.05, 0) is 12.1 Å². The highest BCUT2D eigenvalue weighted by Crippen LogP contribution is 1.98. The molecular formula is C12H13N5O2. The summed E-state index contributed by atoms with van der Waals surface area (Å²) in [6.07, 6.45) is 1.42. The molecule has 98 valence electrons. The maximum atomic E-state index is 11.5. The Morgan fingerprint density at radius 1 is 1.32 bits per heavy atom. The summed E-state index contributed by atoms with van der Waals surface area (Å²) in [6, 6.07) is 6.72. The summed E-state index contributed by atoms with van der Waals surface area (Å²) in [4.78, 5) is 11.5. The highest BCUT2D eigenvalue weighted by molar-refractivity contribution is 5.91. The Morgan fingerprint density at radius 2 is 2.00 bits per heavy atom. The second-order valence-electron chi connectivity index (χ2n) is 3.38. The van der Waals surface area contributed by atoms with Crippen LogP contribution in [0, 0.1) is 22.7 Å². The van der Waals surface area contributed by atoms with Gasteiger partial charge in [0.15, 0.2) is 11.3 Å². The van der Waals surface area contributed by atoms with E-state index >= 15 is 0 Å². The Kier molecular flexibility index (Phi) is 5.51. The molecule has 0 aliphatic heterocycles. The first-order valence-corrected chi connectivity index (χ1v) is 5.50. The first kappa shape index (κ1) is 14.1. The minimum absolute atomic E-state index is 0.0418. The third kappa shape index (κ3) is 4.10. The van der Waals surface area contributed by atoms with Gasteiger partial charge in [-0.25, -0.2) is 0 Å². The average Bonchev–Trinajstić information content (AvgIpc) is 2.96. The number of carbonyl (C=O) groups excluding carboxylic acids is 1. The number of hydrogen-bond donors (Lipinski definition) is 3. The maximum absolute atomic E-state index is 11.5. The molecule has 0 unspecified atom stereocenters. The minimum Gasteiger partial charge on any atom is -0.459 e. The smallest absolute Gasteiger partial charge is 0.287 e. The molecule has 0 saturated heterocycles. The predicted octanol–water partition coefficient (Wildman–Crippen LogP) is 0.0772. The van der Waals surface area contributed by atoms with Gasteiger partial charge in [0.2, 0.25) is 0 Å². The zero-order valence-corrected chi connectivity index (χ0v) is 10.4. The molecule has 3 N–H and O–H groups in total. The minimum atomic E-state index is -0.317. The van der Waals surface area contributed by atoms with Crippen LogP contribution in [-0.2, 0) is 0 Å². The van der Waals surface area contributed by atoms with E-state index < -0.39 is 0 Å². The summed E-state index contributed by atoms with van der Waals surface area (Å²) >= 11 is 0. The standard InChI is InChI=1S/C12H13N5O2/c1-15-11(9(7-13)8-14)16-4-5-17-12(18)10-3-2-6-19-10/h2-3,6,15-16H,4-5H2,1H3,(H,17,18). The number of nitriles is 2. The van der Waals surface area contributed by atoms with Crippen LogP contribution in [0.2, 0.25) is 0 Å². The van der Waals surface area contributed by atoms with Crippen molar-refractivity contribution in [2.75, 3.05) is 20.1 Å². The molecule has 0 aliphatic carbocycles. The number of hydrogen-bond acceptors (Lipinski definition) is 6. The van der Waals surface area contributed by atoms with E-state index in [1.54, 1.807) is 31.3 Å². The van der Waals surface area contributed by atoms with Crippen LogP contribution >= 0.6 is 0 Å². The van der Waals surface area contributed by atoms with Gasteiger partial charge in [0, 0.05) is 20.1 Å². The lowest BCUT2D eigenvalue weighted by Crippen LogP contribution is -2.34. The molecule has 0 aliphatic rings. The number of rotatable bonds is 6. The zero-order valence-electron chi connectivity index (χ0n) is 10.4. The first-order valence-electron chi connectivity index (χ1n) is 5.50. The average molecular weight is 259 g/mol. The molecular weight excluding hydrogens is 246 g/mol. The molecule has 1 heterocycles. The fraction of sp³-hybridized carbons (Fsp3) is 0.250. The van der Waals surface area contributed by atoms with Gasteiger partial charge in [-0.3, -0.25) is 4.79 Å². The van der Waals surface area contributed by atoms with Gasteiger partial charge in [0.05, 0.1) is 6.26 Å². The summed E-state index contributed by atoms with van der Waals surface area (Å²) in [5.41, 5.74) is -0.0418. The van der Waals surface area contributed by atoms with Crippen LogP contribution in [0.1, 0.15) is 10.6 Å². The van der Waals surface area contributed by atoms with Crippen molar-refractivity contribution in [1.82, 2.24) is 16.0 Å². The van der Waals surface area contributed by atoms with Gasteiger partial charge in [-0.2, -0.15) is 10.5 Å². The molecule has 1 aromatic rings. The van der Waals surface area contributed by atoms with Crippen molar-refractivity contribution >= 4 is 5.91 Å².